The Balaban J connectivity index is 2.16. The third-order valence-corrected chi connectivity index (χ3v) is 3.20. The first-order valence-corrected chi connectivity index (χ1v) is 6.11. The molecule has 0 saturated carbocycles. The van der Waals surface area contributed by atoms with Crippen molar-refractivity contribution in [3.63, 3.8) is 0 Å². The number of rotatable bonds is 1. The summed E-state index contributed by atoms with van der Waals surface area (Å²) in [5.41, 5.74) is 0.909. The molecule has 0 radical (unpaired) electrons. The summed E-state index contributed by atoms with van der Waals surface area (Å²) in [6, 6.07) is 3.91. The standard InChI is InChI=1S/C13H16N4O/c1-13(2)9-18-8-5-11-15-16-12(17(11)13)10-3-6-14-7-4-10/h3-4,6-7H,5,8-9H2,1-2H3. The summed E-state index contributed by atoms with van der Waals surface area (Å²) in [5, 5.41) is 8.64. The molecule has 2 aromatic rings. The number of nitrogens with zero attached hydrogens (tertiary/aromatic N) is 4. The van der Waals surface area contributed by atoms with Crippen LogP contribution in [0.5, 0.6) is 0 Å². The maximum atomic E-state index is 5.64. The molecule has 5 heteroatoms. The van der Waals surface area contributed by atoms with Gasteiger partial charge in [0.1, 0.15) is 5.82 Å². The molecule has 0 unspecified atom stereocenters. The van der Waals surface area contributed by atoms with Gasteiger partial charge >= 0.3 is 0 Å². The predicted molar refractivity (Wildman–Crippen MR) is 67.1 cm³/mol. The van der Waals surface area contributed by atoms with Crippen molar-refractivity contribution in [2.24, 2.45) is 0 Å². The van der Waals surface area contributed by atoms with Crippen molar-refractivity contribution in [2.45, 2.75) is 25.8 Å². The Morgan fingerprint density at radius 1 is 1.22 bits per heavy atom. The van der Waals surface area contributed by atoms with Crippen molar-refractivity contribution < 1.29 is 4.74 Å². The molecule has 0 fully saturated rings. The van der Waals surface area contributed by atoms with Crippen LogP contribution in [0.15, 0.2) is 24.5 Å². The monoisotopic (exact) mass is 244 g/mol. The minimum atomic E-state index is -0.131. The third-order valence-electron chi connectivity index (χ3n) is 3.20. The average molecular weight is 244 g/mol. The lowest BCUT2D eigenvalue weighted by Gasteiger charge is -2.26. The minimum absolute atomic E-state index is 0.131. The summed E-state index contributed by atoms with van der Waals surface area (Å²) in [6.45, 7) is 5.68. The van der Waals surface area contributed by atoms with E-state index >= 15 is 0 Å². The van der Waals surface area contributed by atoms with Gasteiger partial charge in [-0.3, -0.25) is 4.98 Å². The van der Waals surface area contributed by atoms with Gasteiger partial charge in [0.15, 0.2) is 5.82 Å². The molecule has 0 spiro atoms. The Kier molecular flexibility index (Phi) is 2.63. The maximum Gasteiger partial charge on any atom is 0.164 e. The molecule has 0 N–H and O–H groups in total. The number of hydrogen-bond acceptors (Lipinski definition) is 4. The first-order valence-electron chi connectivity index (χ1n) is 6.11. The van der Waals surface area contributed by atoms with Gasteiger partial charge in [0.2, 0.25) is 0 Å². The fourth-order valence-corrected chi connectivity index (χ4v) is 2.35. The van der Waals surface area contributed by atoms with Crippen LogP contribution in [0.1, 0.15) is 19.7 Å². The summed E-state index contributed by atoms with van der Waals surface area (Å²) in [7, 11) is 0. The van der Waals surface area contributed by atoms with Crippen molar-refractivity contribution in [3.8, 4) is 11.4 Å². The van der Waals surface area contributed by atoms with Gasteiger partial charge < -0.3 is 9.30 Å². The van der Waals surface area contributed by atoms with Gasteiger partial charge in [-0.1, -0.05) is 0 Å². The van der Waals surface area contributed by atoms with E-state index < -0.39 is 0 Å². The zero-order valence-corrected chi connectivity index (χ0v) is 10.6. The summed E-state index contributed by atoms with van der Waals surface area (Å²) in [4.78, 5) is 4.04. The molecule has 0 amide bonds. The lowest BCUT2D eigenvalue weighted by Crippen LogP contribution is -2.32. The first-order chi connectivity index (χ1) is 8.68. The Hall–Kier alpha value is -1.75. The lowest BCUT2D eigenvalue weighted by molar-refractivity contribution is 0.0843. The van der Waals surface area contributed by atoms with Crippen LogP contribution >= 0.6 is 0 Å². The van der Waals surface area contributed by atoms with E-state index in [4.69, 9.17) is 4.74 Å². The SMILES string of the molecule is CC1(C)COCCc2nnc(-c3ccncc3)n21. The van der Waals surface area contributed by atoms with E-state index in [2.05, 4.69) is 33.6 Å². The highest BCUT2D eigenvalue weighted by Gasteiger charge is 2.30. The highest BCUT2D eigenvalue weighted by Crippen LogP contribution is 2.28. The highest BCUT2D eigenvalue weighted by atomic mass is 16.5. The van der Waals surface area contributed by atoms with Crippen LogP contribution in [0.3, 0.4) is 0 Å². The zero-order chi connectivity index (χ0) is 12.6. The van der Waals surface area contributed by atoms with Gasteiger partial charge in [-0.25, -0.2) is 0 Å². The normalized spacial score (nSPS) is 18.1. The molecule has 1 aliphatic rings. The van der Waals surface area contributed by atoms with Crippen LogP contribution in [0, 0.1) is 0 Å². The van der Waals surface area contributed by atoms with Crippen molar-refractivity contribution in [1.29, 1.82) is 0 Å². The van der Waals surface area contributed by atoms with Crippen LogP contribution in [0.25, 0.3) is 11.4 Å². The molecule has 0 aromatic carbocycles. The number of ether oxygens (including phenoxy) is 1. The Bertz CT molecular complexity index is 547. The van der Waals surface area contributed by atoms with Crippen LogP contribution in [0.2, 0.25) is 0 Å². The Labute approximate surface area is 106 Å². The average Bonchev–Trinajstić information content (AvgIpc) is 2.74. The van der Waals surface area contributed by atoms with Crippen molar-refractivity contribution in [2.75, 3.05) is 13.2 Å². The molecular formula is C13H16N4O. The molecule has 0 atom stereocenters. The summed E-state index contributed by atoms with van der Waals surface area (Å²) < 4.78 is 7.83. The second kappa shape index (κ2) is 4.17. The van der Waals surface area contributed by atoms with Gasteiger partial charge in [0.25, 0.3) is 0 Å². The molecule has 0 bridgehead atoms. The topological polar surface area (TPSA) is 52.8 Å². The van der Waals surface area contributed by atoms with Crippen molar-refractivity contribution in [1.82, 2.24) is 19.7 Å². The molecule has 1 aliphatic heterocycles. The molecular weight excluding hydrogens is 228 g/mol. The summed E-state index contributed by atoms with van der Waals surface area (Å²) in [6.07, 6.45) is 4.36. The first kappa shape index (κ1) is 11.3. The van der Waals surface area contributed by atoms with E-state index in [-0.39, 0.29) is 5.54 Å². The van der Waals surface area contributed by atoms with Gasteiger partial charge in [-0.2, -0.15) is 0 Å². The molecule has 0 aliphatic carbocycles. The smallest absolute Gasteiger partial charge is 0.164 e. The van der Waals surface area contributed by atoms with Crippen molar-refractivity contribution >= 4 is 0 Å². The molecule has 0 saturated heterocycles. The third kappa shape index (κ3) is 1.80. The lowest BCUT2D eigenvalue weighted by atomic mass is 10.1. The fraction of sp³-hybridized carbons (Fsp3) is 0.462. The van der Waals surface area contributed by atoms with Gasteiger partial charge in [-0.05, 0) is 26.0 Å². The van der Waals surface area contributed by atoms with Crippen molar-refractivity contribution in [3.05, 3.63) is 30.4 Å². The van der Waals surface area contributed by atoms with Gasteiger partial charge in [0, 0.05) is 24.4 Å². The summed E-state index contributed by atoms with van der Waals surface area (Å²) in [5.74, 6) is 1.88. The van der Waals surface area contributed by atoms with Crippen LogP contribution in [-0.4, -0.2) is 33.0 Å². The zero-order valence-electron chi connectivity index (χ0n) is 10.6. The Morgan fingerprint density at radius 2 is 2.00 bits per heavy atom. The highest BCUT2D eigenvalue weighted by molar-refractivity contribution is 5.54. The molecule has 18 heavy (non-hydrogen) atoms. The number of pyridine rings is 1. The van der Waals surface area contributed by atoms with E-state index in [1.807, 2.05) is 12.1 Å². The minimum Gasteiger partial charge on any atom is -0.379 e. The van der Waals surface area contributed by atoms with Crippen LogP contribution in [0.4, 0.5) is 0 Å². The predicted octanol–water partition coefficient (Wildman–Crippen LogP) is 1.65. The van der Waals surface area contributed by atoms with Crippen LogP contribution < -0.4 is 0 Å². The molecule has 2 aromatic heterocycles. The second-order valence-corrected chi connectivity index (χ2v) is 5.13. The fourth-order valence-electron chi connectivity index (χ4n) is 2.35. The Morgan fingerprint density at radius 3 is 2.78 bits per heavy atom. The van der Waals surface area contributed by atoms with E-state index in [0.717, 1.165) is 23.6 Å². The molecule has 94 valence electrons. The number of fused-ring (bicyclic) bond motifs is 1. The quantitative estimate of drug-likeness (QED) is 0.765. The number of hydrogen-bond donors (Lipinski definition) is 0. The number of aromatic nitrogens is 4. The van der Waals surface area contributed by atoms with E-state index in [9.17, 15) is 0 Å². The molecule has 3 heterocycles. The van der Waals surface area contributed by atoms with E-state index in [1.54, 1.807) is 12.4 Å². The van der Waals surface area contributed by atoms with Crippen LogP contribution in [-0.2, 0) is 16.7 Å². The van der Waals surface area contributed by atoms with Gasteiger partial charge in [-0.15, -0.1) is 10.2 Å². The van der Waals surface area contributed by atoms with E-state index in [0.29, 0.717) is 13.2 Å². The summed E-state index contributed by atoms with van der Waals surface area (Å²) >= 11 is 0. The molecule has 3 rings (SSSR count). The van der Waals surface area contributed by atoms with Gasteiger partial charge in [0.05, 0.1) is 18.8 Å². The second-order valence-electron chi connectivity index (χ2n) is 5.13. The molecule has 5 nitrogen and oxygen atoms in total. The van der Waals surface area contributed by atoms with E-state index in [1.165, 1.54) is 0 Å². The maximum absolute atomic E-state index is 5.64. The largest absolute Gasteiger partial charge is 0.379 e.